The van der Waals surface area contributed by atoms with Gasteiger partial charge >= 0.3 is 0 Å². The van der Waals surface area contributed by atoms with Crippen LogP contribution in [0, 0.1) is 6.92 Å². The summed E-state index contributed by atoms with van der Waals surface area (Å²) in [6.07, 6.45) is 6.40. The Labute approximate surface area is 129 Å². The van der Waals surface area contributed by atoms with Gasteiger partial charge in [0.05, 0.1) is 6.26 Å². The first-order valence-electron chi connectivity index (χ1n) is 7.24. The molecule has 2 aromatic heterocycles. The van der Waals surface area contributed by atoms with Crippen molar-refractivity contribution < 1.29 is 8.42 Å². The summed E-state index contributed by atoms with van der Waals surface area (Å²) in [5, 5.41) is 0. The van der Waals surface area contributed by atoms with Crippen LogP contribution in [0.15, 0.2) is 18.5 Å². The van der Waals surface area contributed by atoms with Gasteiger partial charge in [-0.25, -0.2) is 27.7 Å². The number of aromatic nitrogens is 4. The molecule has 0 spiro atoms. The minimum Gasteiger partial charge on any atom is -0.343 e. The molecule has 0 aliphatic carbocycles. The predicted molar refractivity (Wildman–Crippen MR) is 82.7 cm³/mol. The van der Waals surface area contributed by atoms with Gasteiger partial charge in [-0.3, -0.25) is 0 Å². The fourth-order valence-electron chi connectivity index (χ4n) is 2.76. The van der Waals surface area contributed by atoms with Crippen molar-refractivity contribution in [3.05, 3.63) is 30.0 Å². The molecule has 0 aromatic carbocycles. The van der Waals surface area contributed by atoms with Crippen molar-refractivity contribution in [3.8, 4) is 11.5 Å². The van der Waals surface area contributed by atoms with Crippen LogP contribution >= 0.6 is 0 Å². The van der Waals surface area contributed by atoms with Crippen LogP contribution in [0.5, 0.6) is 0 Å². The number of rotatable bonds is 3. The average molecular weight is 321 g/mol. The summed E-state index contributed by atoms with van der Waals surface area (Å²) in [5.74, 6) is 1.42. The molecule has 0 saturated carbocycles. The van der Waals surface area contributed by atoms with E-state index >= 15 is 0 Å². The zero-order valence-corrected chi connectivity index (χ0v) is 13.5. The number of aromatic amines is 1. The first kappa shape index (κ1) is 15.1. The molecular weight excluding hydrogens is 302 g/mol. The van der Waals surface area contributed by atoms with Crippen molar-refractivity contribution in [1.29, 1.82) is 0 Å². The predicted octanol–water partition coefficient (Wildman–Crippen LogP) is 1.31. The van der Waals surface area contributed by atoms with Gasteiger partial charge in [-0.1, -0.05) is 0 Å². The Balaban J connectivity index is 1.91. The number of piperidine rings is 1. The molecule has 0 amide bonds. The zero-order chi connectivity index (χ0) is 15.7. The van der Waals surface area contributed by atoms with E-state index in [1.807, 2.05) is 13.0 Å². The SMILES string of the molecule is Cc1cc(-c2ncc[nH]2)nc([C@H]2CCCN(S(C)(=O)=O)C2)n1. The number of nitrogens with zero attached hydrogens (tertiary/aromatic N) is 4. The molecule has 3 heterocycles. The van der Waals surface area contributed by atoms with Crippen molar-refractivity contribution in [2.45, 2.75) is 25.7 Å². The lowest BCUT2D eigenvalue weighted by atomic mass is 9.98. The lowest BCUT2D eigenvalue weighted by molar-refractivity contribution is 0.311. The van der Waals surface area contributed by atoms with E-state index in [0.717, 1.165) is 24.2 Å². The van der Waals surface area contributed by atoms with Crippen molar-refractivity contribution >= 4 is 10.0 Å². The summed E-state index contributed by atoms with van der Waals surface area (Å²) >= 11 is 0. The number of hydrogen-bond donors (Lipinski definition) is 1. The highest BCUT2D eigenvalue weighted by atomic mass is 32.2. The monoisotopic (exact) mass is 321 g/mol. The number of nitrogens with one attached hydrogen (secondary N) is 1. The van der Waals surface area contributed by atoms with E-state index in [-0.39, 0.29) is 5.92 Å². The second-order valence-electron chi connectivity index (χ2n) is 5.65. The molecule has 3 rings (SSSR count). The van der Waals surface area contributed by atoms with Crippen molar-refractivity contribution in [1.82, 2.24) is 24.2 Å². The Morgan fingerprint density at radius 2 is 2.18 bits per heavy atom. The molecule has 2 aromatic rings. The van der Waals surface area contributed by atoms with Crippen LogP contribution in [0.4, 0.5) is 0 Å². The summed E-state index contributed by atoms with van der Waals surface area (Å²) in [7, 11) is -3.17. The minimum absolute atomic E-state index is 0.0251. The molecule has 118 valence electrons. The van der Waals surface area contributed by atoms with Gasteiger partial charge in [0.15, 0.2) is 5.82 Å². The summed E-state index contributed by atoms with van der Waals surface area (Å²) in [5.41, 5.74) is 1.59. The van der Waals surface area contributed by atoms with Crippen molar-refractivity contribution in [2.75, 3.05) is 19.3 Å². The standard InChI is InChI=1S/C14H19N5O2S/c1-10-8-12(14-15-5-6-16-14)18-13(17-10)11-4-3-7-19(9-11)22(2,20)21/h5-6,8,11H,3-4,7,9H2,1-2H3,(H,15,16)/t11-/m0/s1. The Morgan fingerprint density at radius 1 is 1.36 bits per heavy atom. The van der Waals surface area contributed by atoms with E-state index in [2.05, 4.69) is 19.9 Å². The van der Waals surface area contributed by atoms with E-state index in [9.17, 15) is 8.42 Å². The maximum atomic E-state index is 11.8. The average Bonchev–Trinajstić information content (AvgIpc) is 3.00. The fraction of sp³-hybridized carbons (Fsp3) is 0.500. The van der Waals surface area contributed by atoms with Crippen molar-refractivity contribution in [3.63, 3.8) is 0 Å². The molecule has 0 bridgehead atoms. The lowest BCUT2D eigenvalue weighted by Crippen LogP contribution is -2.38. The third-order valence-electron chi connectivity index (χ3n) is 3.83. The second kappa shape index (κ2) is 5.77. The van der Waals surface area contributed by atoms with Gasteiger partial charge in [0.2, 0.25) is 10.0 Å². The van der Waals surface area contributed by atoms with Crippen molar-refractivity contribution in [2.24, 2.45) is 0 Å². The third-order valence-corrected chi connectivity index (χ3v) is 5.10. The first-order chi connectivity index (χ1) is 10.4. The zero-order valence-electron chi connectivity index (χ0n) is 12.7. The maximum absolute atomic E-state index is 11.8. The molecule has 1 atom stereocenters. The summed E-state index contributed by atoms with van der Waals surface area (Å²) in [6, 6.07) is 1.87. The molecular formula is C14H19N5O2S. The number of aryl methyl sites for hydroxylation is 1. The van der Waals surface area contributed by atoms with Gasteiger partial charge in [0.1, 0.15) is 11.5 Å². The normalized spacial score (nSPS) is 20.2. The molecule has 1 aliphatic rings. The third kappa shape index (κ3) is 3.17. The van der Waals surface area contributed by atoms with E-state index < -0.39 is 10.0 Å². The number of hydrogen-bond acceptors (Lipinski definition) is 5. The van der Waals surface area contributed by atoms with Crippen LogP contribution in [-0.4, -0.2) is 52.0 Å². The molecule has 0 radical (unpaired) electrons. The van der Waals surface area contributed by atoms with Crippen LogP contribution in [0.2, 0.25) is 0 Å². The highest BCUT2D eigenvalue weighted by Crippen LogP contribution is 2.27. The summed E-state index contributed by atoms with van der Waals surface area (Å²) < 4.78 is 25.0. The molecule has 0 unspecified atom stereocenters. The quantitative estimate of drug-likeness (QED) is 0.920. The number of sulfonamides is 1. The van der Waals surface area contributed by atoms with Crippen LogP contribution in [0.1, 0.15) is 30.3 Å². The number of imidazole rings is 1. The maximum Gasteiger partial charge on any atom is 0.211 e. The Kier molecular flexibility index (Phi) is 3.96. The van der Waals surface area contributed by atoms with Gasteiger partial charge in [0.25, 0.3) is 0 Å². The van der Waals surface area contributed by atoms with Crippen LogP contribution in [-0.2, 0) is 10.0 Å². The Hall–Kier alpha value is -1.80. The Morgan fingerprint density at radius 3 is 2.86 bits per heavy atom. The molecule has 22 heavy (non-hydrogen) atoms. The molecule has 1 saturated heterocycles. The molecule has 1 aliphatic heterocycles. The number of H-pyrrole nitrogens is 1. The highest BCUT2D eigenvalue weighted by molar-refractivity contribution is 7.88. The van der Waals surface area contributed by atoms with E-state index in [4.69, 9.17) is 0 Å². The molecule has 1 N–H and O–H groups in total. The van der Waals surface area contributed by atoms with Gasteiger partial charge < -0.3 is 4.98 Å². The van der Waals surface area contributed by atoms with Crippen LogP contribution in [0.3, 0.4) is 0 Å². The van der Waals surface area contributed by atoms with Gasteiger partial charge in [0, 0.05) is 37.1 Å². The minimum atomic E-state index is -3.17. The van der Waals surface area contributed by atoms with E-state index in [0.29, 0.717) is 24.7 Å². The summed E-state index contributed by atoms with van der Waals surface area (Å²) in [4.78, 5) is 16.4. The molecule has 8 heteroatoms. The van der Waals surface area contributed by atoms with Crippen LogP contribution in [0.25, 0.3) is 11.5 Å². The van der Waals surface area contributed by atoms with E-state index in [1.165, 1.54) is 10.6 Å². The van der Waals surface area contributed by atoms with Gasteiger partial charge in [-0.2, -0.15) is 0 Å². The molecule has 7 nitrogen and oxygen atoms in total. The van der Waals surface area contributed by atoms with Gasteiger partial charge in [-0.05, 0) is 25.8 Å². The largest absolute Gasteiger partial charge is 0.343 e. The highest BCUT2D eigenvalue weighted by Gasteiger charge is 2.28. The van der Waals surface area contributed by atoms with Crippen LogP contribution < -0.4 is 0 Å². The lowest BCUT2D eigenvalue weighted by Gasteiger charge is -2.30. The smallest absolute Gasteiger partial charge is 0.211 e. The fourth-order valence-corrected chi connectivity index (χ4v) is 3.67. The second-order valence-corrected chi connectivity index (χ2v) is 7.63. The van der Waals surface area contributed by atoms with Gasteiger partial charge in [-0.15, -0.1) is 0 Å². The topological polar surface area (TPSA) is 91.8 Å². The van der Waals surface area contributed by atoms with E-state index in [1.54, 1.807) is 12.4 Å². The first-order valence-corrected chi connectivity index (χ1v) is 9.09. The summed E-state index contributed by atoms with van der Waals surface area (Å²) in [6.45, 7) is 2.93. The Bertz CT molecular complexity index is 758. The molecule has 1 fully saturated rings.